The lowest BCUT2D eigenvalue weighted by Crippen LogP contribution is -2.10. The van der Waals surface area contributed by atoms with Gasteiger partial charge in [-0.05, 0) is 31.6 Å². The van der Waals surface area contributed by atoms with Gasteiger partial charge in [-0.1, -0.05) is 0 Å². The molecule has 56 valence electrons. The molecular formula is C5H12O2S2. The summed E-state index contributed by atoms with van der Waals surface area (Å²) in [7, 11) is -1.88. The summed E-state index contributed by atoms with van der Waals surface area (Å²) in [6, 6.07) is 0. The molecule has 4 heteroatoms. The lowest BCUT2D eigenvalue weighted by atomic mass is 10.3. The molecule has 0 heterocycles. The van der Waals surface area contributed by atoms with Gasteiger partial charge in [-0.2, -0.15) is 0 Å². The molecule has 0 spiro atoms. The summed E-state index contributed by atoms with van der Waals surface area (Å²) in [5, 5.41) is 0. The Morgan fingerprint density at radius 2 is 1.56 bits per heavy atom. The number of rotatable bonds is 1. The highest BCUT2D eigenvalue weighted by atomic mass is 33.1. The van der Waals surface area contributed by atoms with Crippen LogP contribution in [0.2, 0.25) is 0 Å². The Balaban J connectivity index is 4.07. The van der Waals surface area contributed by atoms with Crippen LogP contribution in [0.15, 0.2) is 0 Å². The predicted molar refractivity (Wildman–Crippen MR) is 42.2 cm³/mol. The van der Waals surface area contributed by atoms with Crippen LogP contribution in [0.5, 0.6) is 0 Å². The maximum atomic E-state index is 10.6. The van der Waals surface area contributed by atoms with Gasteiger partial charge in [0.15, 0.2) is 8.87 Å². The fourth-order valence-electron chi connectivity index (χ4n) is 0.454. The Hall–Kier alpha value is 0.300. The highest BCUT2D eigenvalue weighted by molar-refractivity contribution is 8.72. The van der Waals surface area contributed by atoms with Crippen molar-refractivity contribution in [2.24, 2.45) is 0 Å². The van der Waals surface area contributed by atoms with Gasteiger partial charge in [0.2, 0.25) is 0 Å². The second-order valence-electron chi connectivity index (χ2n) is 2.90. The van der Waals surface area contributed by atoms with Crippen molar-refractivity contribution in [1.82, 2.24) is 0 Å². The first-order valence-electron chi connectivity index (χ1n) is 2.61. The third-order valence-corrected chi connectivity index (χ3v) is 3.61. The van der Waals surface area contributed by atoms with Crippen LogP contribution in [0.3, 0.4) is 0 Å². The summed E-state index contributed by atoms with van der Waals surface area (Å²) < 4.78 is 21.0. The van der Waals surface area contributed by atoms with E-state index in [1.54, 1.807) is 0 Å². The second kappa shape index (κ2) is 2.50. The first-order valence-corrected chi connectivity index (χ1v) is 5.84. The van der Waals surface area contributed by atoms with Crippen molar-refractivity contribution in [3.63, 3.8) is 0 Å². The molecule has 0 aliphatic rings. The van der Waals surface area contributed by atoms with Gasteiger partial charge in [0.05, 0.1) is 0 Å². The SMILES string of the molecule is CC(C)(C)SS(C)(=O)=O. The van der Waals surface area contributed by atoms with Gasteiger partial charge in [0.25, 0.3) is 0 Å². The molecule has 0 aliphatic heterocycles. The van der Waals surface area contributed by atoms with Crippen molar-refractivity contribution in [2.45, 2.75) is 25.5 Å². The Kier molecular flexibility index (Phi) is 2.58. The zero-order valence-corrected chi connectivity index (χ0v) is 7.77. The molecule has 0 N–H and O–H groups in total. The molecule has 0 aromatic heterocycles. The fourth-order valence-corrected chi connectivity index (χ4v) is 4.09. The van der Waals surface area contributed by atoms with Crippen LogP contribution in [-0.4, -0.2) is 19.4 Å². The van der Waals surface area contributed by atoms with Crippen molar-refractivity contribution in [3.8, 4) is 0 Å². The highest BCUT2D eigenvalue weighted by Gasteiger charge is 2.17. The molecule has 0 atom stereocenters. The minimum absolute atomic E-state index is 0.187. The van der Waals surface area contributed by atoms with Gasteiger partial charge in [-0.15, -0.1) is 0 Å². The maximum Gasteiger partial charge on any atom is 0.199 e. The van der Waals surface area contributed by atoms with Crippen molar-refractivity contribution >= 4 is 19.7 Å². The largest absolute Gasteiger partial charge is 0.218 e. The minimum atomic E-state index is -2.87. The van der Waals surface area contributed by atoms with Gasteiger partial charge in [0, 0.05) is 11.0 Å². The summed E-state index contributed by atoms with van der Waals surface area (Å²) in [6.45, 7) is 5.62. The van der Waals surface area contributed by atoms with E-state index in [2.05, 4.69) is 0 Å². The molecule has 0 aliphatic carbocycles. The molecule has 0 saturated heterocycles. The third kappa shape index (κ3) is 8.30. The number of hydrogen-bond acceptors (Lipinski definition) is 3. The topological polar surface area (TPSA) is 34.1 Å². The van der Waals surface area contributed by atoms with Gasteiger partial charge in [-0.25, -0.2) is 8.42 Å². The van der Waals surface area contributed by atoms with E-state index in [0.717, 1.165) is 10.8 Å². The highest BCUT2D eigenvalue weighted by Crippen LogP contribution is 2.27. The van der Waals surface area contributed by atoms with E-state index < -0.39 is 8.87 Å². The van der Waals surface area contributed by atoms with Crippen molar-refractivity contribution in [3.05, 3.63) is 0 Å². The lowest BCUT2D eigenvalue weighted by Gasteiger charge is -2.14. The zero-order chi connectivity index (χ0) is 7.71. The van der Waals surface area contributed by atoms with Crippen LogP contribution >= 0.6 is 10.8 Å². The smallest absolute Gasteiger partial charge is 0.199 e. The first kappa shape index (κ1) is 9.30. The Morgan fingerprint density at radius 1 is 1.22 bits per heavy atom. The van der Waals surface area contributed by atoms with Crippen LogP contribution < -0.4 is 0 Å². The van der Waals surface area contributed by atoms with Crippen LogP contribution in [0.25, 0.3) is 0 Å². The first-order chi connectivity index (χ1) is 3.71. The van der Waals surface area contributed by atoms with E-state index in [1.165, 1.54) is 6.26 Å². The summed E-state index contributed by atoms with van der Waals surface area (Å²) in [6.07, 6.45) is 1.23. The fraction of sp³-hybridized carbons (Fsp3) is 1.00. The normalized spacial score (nSPS) is 13.8. The maximum absolute atomic E-state index is 10.6. The summed E-state index contributed by atoms with van der Waals surface area (Å²) in [5.74, 6) is 0. The standard InChI is InChI=1S/C5H12O2S2/c1-5(2,3)8-9(4,6)7/h1-4H3. The van der Waals surface area contributed by atoms with Gasteiger partial charge in [0.1, 0.15) is 0 Å². The summed E-state index contributed by atoms with van der Waals surface area (Å²) >= 11 is 0. The van der Waals surface area contributed by atoms with E-state index in [1.807, 2.05) is 20.8 Å². The molecule has 2 nitrogen and oxygen atoms in total. The molecule has 0 amide bonds. The van der Waals surface area contributed by atoms with Gasteiger partial charge < -0.3 is 0 Å². The van der Waals surface area contributed by atoms with Crippen LogP contribution in [0.4, 0.5) is 0 Å². The molecule has 0 aromatic rings. The monoisotopic (exact) mass is 168 g/mol. The van der Waals surface area contributed by atoms with E-state index in [4.69, 9.17) is 0 Å². The molecule has 0 rings (SSSR count). The minimum Gasteiger partial charge on any atom is -0.218 e. The van der Waals surface area contributed by atoms with Gasteiger partial charge in [-0.3, -0.25) is 0 Å². The zero-order valence-electron chi connectivity index (χ0n) is 6.13. The van der Waals surface area contributed by atoms with Gasteiger partial charge >= 0.3 is 0 Å². The van der Waals surface area contributed by atoms with Crippen LogP contribution in [-0.2, 0) is 8.87 Å². The van der Waals surface area contributed by atoms with Crippen LogP contribution in [0, 0.1) is 0 Å². The van der Waals surface area contributed by atoms with E-state index in [9.17, 15) is 8.42 Å². The van der Waals surface area contributed by atoms with E-state index in [0.29, 0.717) is 0 Å². The summed E-state index contributed by atoms with van der Waals surface area (Å²) in [5.41, 5.74) is 0. The van der Waals surface area contributed by atoms with Crippen molar-refractivity contribution < 1.29 is 8.42 Å². The predicted octanol–water partition coefficient (Wildman–Crippen LogP) is 1.48. The Bertz CT molecular complexity index is 174. The quantitative estimate of drug-likeness (QED) is 0.556. The second-order valence-corrected chi connectivity index (χ2v) is 8.02. The van der Waals surface area contributed by atoms with E-state index >= 15 is 0 Å². The van der Waals surface area contributed by atoms with Crippen molar-refractivity contribution in [1.29, 1.82) is 0 Å². The molecule has 0 bridgehead atoms. The Labute approximate surface area is 60.3 Å². The molecule has 9 heavy (non-hydrogen) atoms. The summed E-state index contributed by atoms with van der Waals surface area (Å²) in [4.78, 5) is 0. The number of hydrogen-bond donors (Lipinski definition) is 0. The lowest BCUT2D eigenvalue weighted by molar-refractivity contribution is 0.615. The molecule has 0 unspecified atom stereocenters. The molecule has 0 saturated carbocycles. The van der Waals surface area contributed by atoms with Crippen molar-refractivity contribution in [2.75, 3.05) is 6.26 Å². The third-order valence-electron chi connectivity index (χ3n) is 0.401. The molecule has 0 radical (unpaired) electrons. The van der Waals surface area contributed by atoms with E-state index in [-0.39, 0.29) is 4.75 Å². The van der Waals surface area contributed by atoms with Crippen LogP contribution in [0.1, 0.15) is 20.8 Å². The average molecular weight is 168 g/mol. The molecule has 0 fully saturated rings. The Morgan fingerprint density at radius 3 is 1.56 bits per heavy atom. The average Bonchev–Trinajstić information content (AvgIpc) is 1.14. The molecular weight excluding hydrogens is 156 g/mol. The molecule has 0 aromatic carbocycles.